The molecule has 0 aliphatic carbocycles. The minimum atomic E-state index is 0.156. The zero-order valence-electron chi connectivity index (χ0n) is 10.2. The molecule has 2 heterocycles. The number of benzene rings is 1. The molecule has 1 aromatic carbocycles. The molecule has 0 aliphatic rings. The first-order chi connectivity index (χ1) is 9.29. The number of halogens is 1. The molecule has 6 heteroatoms. The smallest absolute Gasteiger partial charge is 0.153 e. The third-order valence-corrected chi connectivity index (χ3v) is 3.21. The van der Waals surface area contributed by atoms with Gasteiger partial charge in [0, 0.05) is 29.1 Å². The largest absolute Gasteiger partial charge is 0.396 e. The average Bonchev–Trinajstić information content (AvgIpc) is 2.78. The summed E-state index contributed by atoms with van der Waals surface area (Å²) in [5, 5.41) is 13.7. The molecular formula is C13H13ClN4O. The van der Waals surface area contributed by atoms with Crippen LogP contribution >= 0.6 is 11.6 Å². The lowest BCUT2D eigenvalue weighted by atomic mass is 10.2. The Morgan fingerprint density at radius 3 is 3.05 bits per heavy atom. The summed E-state index contributed by atoms with van der Waals surface area (Å²) in [5.74, 6) is 0.741. The number of nitrogens with zero attached hydrogens (tertiary/aromatic N) is 2. The Bertz CT molecular complexity index is 725. The summed E-state index contributed by atoms with van der Waals surface area (Å²) in [7, 11) is 0. The fourth-order valence-electron chi connectivity index (χ4n) is 2.08. The van der Waals surface area contributed by atoms with Crippen LogP contribution in [0.3, 0.4) is 0 Å². The maximum absolute atomic E-state index is 8.81. The van der Waals surface area contributed by atoms with E-state index in [1.807, 2.05) is 18.2 Å². The molecule has 0 saturated heterocycles. The molecular weight excluding hydrogens is 264 g/mol. The van der Waals surface area contributed by atoms with Crippen LogP contribution in [0.25, 0.3) is 21.9 Å². The lowest BCUT2D eigenvalue weighted by molar-refractivity contribution is 0.292. The SMILES string of the molecule is OCCCNc1ncnc2c1[nH]c1ccc(Cl)cc12. The number of nitrogens with one attached hydrogen (secondary N) is 2. The second kappa shape index (κ2) is 5.03. The molecule has 0 atom stereocenters. The zero-order valence-corrected chi connectivity index (χ0v) is 10.9. The highest BCUT2D eigenvalue weighted by Gasteiger charge is 2.10. The van der Waals surface area contributed by atoms with Crippen LogP contribution in [-0.4, -0.2) is 33.2 Å². The number of fused-ring (bicyclic) bond motifs is 3. The third-order valence-electron chi connectivity index (χ3n) is 2.97. The van der Waals surface area contributed by atoms with Gasteiger partial charge in [-0.15, -0.1) is 0 Å². The first-order valence-corrected chi connectivity index (χ1v) is 6.44. The Morgan fingerprint density at radius 1 is 1.32 bits per heavy atom. The first kappa shape index (κ1) is 12.2. The third kappa shape index (κ3) is 2.22. The van der Waals surface area contributed by atoms with Crippen LogP contribution in [0.15, 0.2) is 24.5 Å². The quantitative estimate of drug-likeness (QED) is 0.640. The molecule has 0 amide bonds. The van der Waals surface area contributed by atoms with E-state index in [2.05, 4.69) is 20.3 Å². The highest BCUT2D eigenvalue weighted by atomic mass is 35.5. The maximum atomic E-state index is 8.81. The first-order valence-electron chi connectivity index (χ1n) is 6.06. The summed E-state index contributed by atoms with van der Waals surface area (Å²) >= 11 is 6.02. The van der Waals surface area contributed by atoms with Gasteiger partial charge >= 0.3 is 0 Å². The summed E-state index contributed by atoms with van der Waals surface area (Å²) in [6.45, 7) is 0.822. The van der Waals surface area contributed by atoms with Crippen molar-refractivity contribution < 1.29 is 5.11 Å². The fraction of sp³-hybridized carbons (Fsp3) is 0.231. The number of aromatic nitrogens is 3. The van der Waals surface area contributed by atoms with Gasteiger partial charge in [-0.05, 0) is 24.6 Å². The topological polar surface area (TPSA) is 73.8 Å². The second-order valence-electron chi connectivity index (χ2n) is 4.26. The summed E-state index contributed by atoms with van der Waals surface area (Å²) in [4.78, 5) is 11.8. The van der Waals surface area contributed by atoms with Crippen LogP contribution in [0.1, 0.15) is 6.42 Å². The van der Waals surface area contributed by atoms with E-state index >= 15 is 0 Å². The molecule has 0 aliphatic heterocycles. The van der Waals surface area contributed by atoms with Crippen molar-refractivity contribution in [2.75, 3.05) is 18.5 Å². The summed E-state index contributed by atoms with van der Waals surface area (Å²) in [6, 6.07) is 5.66. The van der Waals surface area contributed by atoms with Gasteiger partial charge < -0.3 is 15.4 Å². The van der Waals surface area contributed by atoms with E-state index in [4.69, 9.17) is 16.7 Å². The Balaban J connectivity index is 2.12. The second-order valence-corrected chi connectivity index (χ2v) is 4.70. The van der Waals surface area contributed by atoms with E-state index in [1.165, 1.54) is 6.33 Å². The van der Waals surface area contributed by atoms with Crippen LogP contribution in [0.2, 0.25) is 5.02 Å². The molecule has 0 saturated carbocycles. The van der Waals surface area contributed by atoms with E-state index in [9.17, 15) is 0 Å². The van der Waals surface area contributed by atoms with Crippen molar-refractivity contribution in [3.8, 4) is 0 Å². The van der Waals surface area contributed by atoms with Gasteiger partial charge in [0.2, 0.25) is 0 Å². The maximum Gasteiger partial charge on any atom is 0.153 e. The predicted octanol–water partition coefficient (Wildman–Crippen LogP) is 2.56. The minimum Gasteiger partial charge on any atom is -0.396 e. The number of hydrogen-bond donors (Lipinski definition) is 3. The fourth-order valence-corrected chi connectivity index (χ4v) is 2.26. The molecule has 0 unspecified atom stereocenters. The van der Waals surface area contributed by atoms with E-state index in [1.54, 1.807) is 0 Å². The predicted molar refractivity (Wildman–Crippen MR) is 76.6 cm³/mol. The van der Waals surface area contributed by atoms with Crippen molar-refractivity contribution in [3.05, 3.63) is 29.5 Å². The molecule has 3 N–H and O–H groups in total. The molecule has 3 rings (SSSR count). The molecule has 19 heavy (non-hydrogen) atoms. The van der Waals surface area contributed by atoms with E-state index in [0.29, 0.717) is 18.0 Å². The van der Waals surface area contributed by atoms with Gasteiger partial charge in [0.25, 0.3) is 0 Å². The standard InChI is InChI=1S/C13H13ClN4O/c14-8-2-3-10-9(6-8)11-12(18-10)13(17-7-16-11)15-4-1-5-19/h2-3,6-7,18-19H,1,4-5H2,(H,15,16,17). The van der Waals surface area contributed by atoms with Crippen LogP contribution in [-0.2, 0) is 0 Å². The highest BCUT2D eigenvalue weighted by Crippen LogP contribution is 2.29. The van der Waals surface area contributed by atoms with Gasteiger partial charge in [0.15, 0.2) is 5.82 Å². The molecule has 5 nitrogen and oxygen atoms in total. The van der Waals surface area contributed by atoms with Gasteiger partial charge in [-0.3, -0.25) is 0 Å². The Kier molecular flexibility index (Phi) is 3.23. The van der Waals surface area contributed by atoms with E-state index in [0.717, 1.165) is 27.8 Å². The van der Waals surface area contributed by atoms with Crippen LogP contribution in [0, 0.1) is 0 Å². The zero-order chi connectivity index (χ0) is 13.2. The summed E-state index contributed by atoms with van der Waals surface area (Å²) < 4.78 is 0. The number of anilines is 1. The molecule has 2 aromatic heterocycles. The number of H-pyrrole nitrogens is 1. The molecule has 0 spiro atoms. The molecule has 0 bridgehead atoms. The average molecular weight is 277 g/mol. The molecule has 98 valence electrons. The lowest BCUT2D eigenvalue weighted by Crippen LogP contribution is -2.05. The monoisotopic (exact) mass is 276 g/mol. The summed E-state index contributed by atoms with van der Waals surface area (Å²) in [5.41, 5.74) is 2.68. The lowest BCUT2D eigenvalue weighted by Gasteiger charge is -2.04. The van der Waals surface area contributed by atoms with Crippen LogP contribution in [0.5, 0.6) is 0 Å². The minimum absolute atomic E-state index is 0.156. The van der Waals surface area contributed by atoms with E-state index in [-0.39, 0.29) is 6.61 Å². The van der Waals surface area contributed by atoms with Crippen molar-refractivity contribution in [2.24, 2.45) is 0 Å². The number of aromatic amines is 1. The van der Waals surface area contributed by atoms with Gasteiger partial charge in [-0.2, -0.15) is 0 Å². The Hall–Kier alpha value is -1.85. The summed E-state index contributed by atoms with van der Waals surface area (Å²) in [6.07, 6.45) is 2.20. The molecule has 0 radical (unpaired) electrons. The number of rotatable bonds is 4. The normalized spacial score (nSPS) is 11.3. The highest BCUT2D eigenvalue weighted by molar-refractivity contribution is 6.31. The van der Waals surface area contributed by atoms with Crippen molar-refractivity contribution in [2.45, 2.75) is 6.42 Å². The van der Waals surface area contributed by atoms with Gasteiger partial charge in [-0.25, -0.2) is 9.97 Å². The van der Waals surface area contributed by atoms with Crippen LogP contribution < -0.4 is 5.32 Å². The number of aliphatic hydroxyl groups excluding tert-OH is 1. The van der Waals surface area contributed by atoms with Gasteiger partial charge in [0.1, 0.15) is 17.4 Å². The Morgan fingerprint density at radius 2 is 2.21 bits per heavy atom. The number of aliphatic hydroxyl groups is 1. The molecule has 3 aromatic rings. The molecule has 0 fully saturated rings. The van der Waals surface area contributed by atoms with Crippen molar-refractivity contribution in [1.29, 1.82) is 0 Å². The number of hydrogen-bond acceptors (Lipinski definition) is 4. The van der Waals surface area contributed by atoms with Crippen molar-refractivity contribution >= 4 is 39.4 Å². The van der Waals surface area contributed by atoms with Crippen LogP contribution in [0.4, 0.5) is 5.82 Å². The van der Waals surface area contributed by atoms with Gasteiger partial charge in [-0.1, -0.05) is 11.6 Å². The van der Waals surface area contributed by atoms with Crippen molar-refractivity contribution in [1.82, 2.24) is 15.0 Å². The van der Waals surface area contributed by atoms with Crippen molar-refractivity contribution in [3.63, 3.8) is 0 Å². The Labute approximate surface area is 114 Å². The van der Waals surface area contributed by atoms with E-state index < -0.39 is 0 Å². The van der Waals surface area contributed by atoms with Gasteiger partial charge in [0.05, 0.1) is 0 Å².